The molecule has 1 aromatic rings. The molecule has 0 aliphatic carbocycles. The Bertz CT molecular complexity index is 374. The summed E-state index contributed by atoms with van der Waals surface area (Å²) in [5.41, 5.74) is 3.63. The van der Waals surface area contributed by atoms with E-state index in [1.807, 2.05) is 0 Å². The molecule has 3 saturated heterocycles. The van der Waals surface area contributed by atoms with E-state index >= 15 is 0 Å². The van der Waals surface area contributed by atoms with Crippen LogP contribution in [0.1, 0.15) is 36.8 Å². The fourth-order valence-corrected chi connectivity index (χ4v) is 3.55. The molecule has 17 heavy (non-hydrogen) atoms. The lowest BCUT2D eigenvalue weighted by atomic mass is 9.69. The lowest BCUT2D eigenvalue weighted by Gasteiger charge is -2.48. The van der Waals surface area contributed by atoms with Crippen LogP contribution in [0.25, 0.3) is 0 Å². The fourth-order valence-electron chi connectivity index (χ4n) is 3.55. The van der Waals surface area contributed by atoms with Crippen molar-refractivity contribution in [2.24, 2.45) is 5.41 Å². The van der Waals surface area contributed by atoms with Crippen molar-refractivity contribution < 1.29 is 0 Å². The largest absolute Gasteiger partial charge is 0.303 e. The molecule has 3 heterocycles. The third kappa shape index (κ3) is 2.40. The Kier molecular flexibility index (Phi) is 2.96. The Morgan fingerprint density at radius 2 is 1.82 bits per heavy atom. The van der Waals surface area contributed by atoms with E-state index in [0.29, 0.717) is 5.41 Å². The predicted octanol–water partition coefficient (Wildman–Crippen LogP) is 3.41. The van der Waals surface area contributed by atoms with E-state index in [1.165, 1.54) is 62.9 Å². The second kappa shape index (κ2) is 4.45. The molecule has 1 aromatic carbocycles. The second-order valence-electron chi connectivity index (χ2n) is 6.08. The lowest BCUT2D eigenvalue weighted by Crippen LogP contribution is -2.48. The minimum Gasteiger partial charge on any atom is -0.303 e. The van der Waals surface area contributed by atoms with Crippen LogP contribution in [0, 0.1) is 12.3 Å². The number of aryl methyl sites for hydroxylation is 2. The van der Waals surface area contributed by atoms with Crippen molar-refractivity contribution in [2.45, 2.75) is 39.0 Å². The van der Waals surface area contributed by atoms with Gasteiger partial charge in [-0.1, -0.05) is 29.8 Å². The third-order valence-corrected chi connectivity index (χ3v) is 4.90. The van der Waals surface area contributed by atoms with Crippen LogP contribution in [-0.4, -0.2) is 24.5 Å². The molecule has 0 radical (unpaired) electrons. The first-order chi connectivity index (χ1) is 8.26. The highest BCUT2D eigenvalue weighted by molar-refractivity contribution is 5.22. The van der Waals surface area contributed by atoms with Crippen LogP contribution in [0.3, 0.4) is 0 Å². The molecule has 3 aliphatic heterocycles. The molecular weight excluding hydrogens is 206 g/mol. The molecule has 3 fully saturated rings. The quantitative estimate of drug-likeness (QED) is 0.767. The Labute approximate surface area is 105 Å². The van der Waals surface area contributed by atoms with Gasteiger partial charge < -0.3 is 4.90 Å². The van der Waals surface area contributed by atoms with E-state index < -0.39 is 0 Å². The minimum atomic E-state index is 0.693. The maximum atomic E-state index is 2.63. The van der Waals surface area contributed by atoms with Crippen LogP contribution in [0.2, 0.25) is 0 Å². The highest BCUT2D eigenvalue weighted by Gasteiger charge is 2.38. The van der Waals surface area contributed by atoms with Crippen LogP contribution in [0.4, 0.5) is 0 Å². The van der Waals surface area contributed by atoms with Gasteiger partial charge in [0, 0.05) is 0 Å². The van der Waals surface area contributed by atoms with Crippen LogP contribution >= 0.6 is 0 Å². The molecule has 2 bridgehead atoms. The fraction of sp³-hybridized carbons (Fsp3) is 0.625. The minimum absolute atomic E-state index is 0.693. The second-order valence-corrected chi connectivity index (χ2v) is 6.08. The van der Waals surface area contributed by atoms with Gasteiger partial charge in [-0.2, -0.15) is 0 Å². The maximum absolute atomic E-state index is 2.63. The van der Waals surface area contributed by atoms with Crippen molar-refractivity contribution >= 4 is 0 Å². The Morgan fingerprint density at radius 1 is 1.12 bits per heavy atom. The average molecular weight is 229 g/mol. The highest BCUT2D eigenvalue weighted by Crippen LogP contribution is 2.43. The molecule has 0 unspecified atom stereocenters. The summed E-state index contributed by atoms with van der Waals surface area (Å²) in [5.74, 6) is 0. The number of piperidine rings is 3. The standard InChI is InChI=1S/C16H23N/c1-14-3-2-4-15(13-14)5-6-16-7-10-17(11-8-16)12-9-16/h2-4,13H,5-12H2,1H3. The van der Waals surface area contributed by atoms with Crippen LogP contribution in [-0.2, 0) is 6.42 Å². The number of rotatable bonds is 3. The predicted molar refractivity (Wildman–Crippen MR) is 72.2 cm³/mol. The van der Waals surface area contributed by atoms with Crippen molar-refractivity contribution in [1.29, 1.82) is 0 Å². The van der Waals surface area contributed by atoms with E-state index in [0.717, 1.165) is 0 Å². The summed E-state index contributed by atoms with van der Waals surface area (Å²) in [7, 11) is 0. The average Bonchev–Trinajstić information content (AvgIpc) is 2.39. The maximum Gasteiger partial charge on any atom is -0.00134 e. The van der Waals surface area contributed by atoms with Crippen molar-refractivity contribution in [1.82, 2.24) is 4.90 Å². The summed E-state index contributed by atoms with van der Waals surface area (Å²) in [6, 6.07) is 9.04. The van der Waals surface area contributed by atoms with Crippen molar-refractivity contribution in [3.05, 3.63) is 35.4 Å². The van der Waals surface area contributed by atoms with Gasteiger partial charge in [-0.15, -0.1) is 0 Å². The molecular formula is C16H23N. The molecule has 0 N–H and O–H groups in total. The Hall–Kier alpha value is -0.820. The van der Waals surface area contributed by atoms with E-state index in [9.17, 15) is 0 Å². The van der Waals surface area contributed by atoms with Gasteiger partial charge in [-0.25, -0.2) is 0 Å². The normalized spacial score (nSPS) is 31.7. The molecule has 0 aromatic heterocycles. The van der Waals surface area contributed by atoms with Gasteiger partial charge in [0.25, 0.3) is 0 Å². The van der Waals surface area contributed by atoms with Crippen molar-refractivity contribution in [3.63, 3.8) is 0 Å². The van der Waals surface area contributed by atoms with Crippen molar-refractivity contribution in [3.8, 4) is 0 Å². The van der Waals surface area contributed by atoms with Gasteiger partial charge in [0.05, 0.1) is 0 Å². The summed E-state index contributed by atoms with van der Waals surface area (Å²) in [6.45, 7) is 6.26. The van der Waals surface area contributed by atoms with E-state index in [-0.39, 0.29) is 0 Å². The first-order valence-electron chi connectivity index (χ1n) is 7.04. The topological polar surface area (TPSA) is 3.24 Å². The zero-order valence-electron chi connectivity index (χ0n) is 10.9. The van der Waals surface area contributed by atoms with Gasteiger partial charge in [0.2, 0.25) is 0 Å². The smallest absolute Gasteiger partial charge is 0.00134 e. The monoisotopic (exact) mass is 229 g/mol. The van der Waals surface area contributed by atoms with E-state index in [4.69, 9.17) is 0 Å². The van der Waals surface area contributed by atoms with Gasteiger partial charge in [0.1, 0.15) is 0 Å². The van der Waals surface area contributed by atoms with Gasteiger partial charge in [-0.05, 0) is 69.6 Å². The van der Waals surface area contributed by atoms with Gasteiger partial charge >= 0.3 is 0 Å². The summed E-state index contributed by atoms with van der Waals surface area (Å²) < 4.78 is 0. The molecule has 0 saturated carbocycles. The van der Waals surface area contributed by atoms with Crippen molar-refractivity contribution in [2.75, 3.05) is 19.6 Å². The van der Waals surface area contributed by atoms with E-state index in [2.05, 4.69) is 36.1 Å². The zero-order chi connectivity index (χ0) is 11.7. The summed E-state index contributed by atoms with van der Waals surface area (Å²) in [6.07, 6.45) is 7.02. The van der Waals surface area contributed by atoms with Gasteiger partial charge in [-0.3, -0.25) is 0 Å². The Morgan fingerprint density at radius 3 is 2.47 bits per heavy atom. The molecule has 0 atom stereocenters. The first-order valence-corrected chi connectivity index (χ1v) is 7.04. The molecule has 92 valence electrons. The van der Waals surface area contributed by atoms with Crippen LogP contribution in [0.5, 0.6) is 0 Å². The summed E-state index contributed by atoms with van der Waals surface area (Å²) in [4.78, 5) is 2.63. The first kappa shape index (κ1) is 11.3. The number of hydrogen-bond donors (Lipinski definition) is 0. The lowest BCUT2D eigenvalue weighted by molar-refractivity contribution is 0.0202. The summed E-state index contributed by atoms with van der Waals surface area (Å²) >= 11 is 0. The number of benzene rings is 1. The molecule has 0 amide bonds. The molecule has 0 spiro atoms. The Balaban J connectivity index is 1.63. The number of fused-ring (bicyclic) bond motifs is 3. The molecule has 1 nitrogen and oxygen atoms in total. The molecule has 1 heteroatoms. The van der Waals surface area contributed by atoms with Crippen LogP contribution < -0.4 is 0 Å². The number of nitrogens with zero attached hydrogens (tertiary/aromatic N) is 1. The van der Waals surface area contributed by atoms with Crippen LogP contribution in [0.15, 0.2) is 24.3 Å². The van der Waals surface area contributed by atoms with Gasteiger partial charge in [0.15, 0.2) is 0 Å². The third-order valence-electron chi connectivity index (χ3n) is 4.90. The SMILES string of the molecule is Cc1cccc(CCC23CCN(CC2)CC3)c1. The zero-order valence-corrected chi connectivity index (χ0v) is 10.9. The molecule has 4 rings (SSSR count). The summed E-state index contributed by atoms with van der Waals surface area (Å²) in [5, 5.41) is 0. The van der Waals surface area contributed by atoms with E-state index in [1.54, 1.807) is 0 Å². The highest BCUT2D eigenvalue weighted by atomic mass is 15.1. The molecule has 3 aliphatic rings. The number of hydrogen-bond acceptors (Lipinski definition) is 1.